The van der Waals surface area contributed by atoms with E-state index in [-0.39, 0.29) is 6.09 Å². The number of rotatable bonds is 8. The third-order valence-electron chi connectivity index (χ3n) is 7.83. The number of hydrogen-bond acceptors (Lipinski definition) is 9. The summed E-state index contributed by atoms with van der Waals surface area (Å²) in [5.41, 5.74) is 1.02. The molecule has 46 heavy (non-hydrogen) atoms. The van der Waals surface area contributed by atoms with Crippen molar-refractivity contribution in [2.24, 2.45) is 0 Å². The van der Waals surface area contributed by atoms with E-state index in [4.69, 9.17) is 14.7 Å². The molecule has 0 spiro atoms. The number of nitrogens with zero attached hydrogens (tertiary/aromatic N) is 6. The van der Waals surface area contributed by atoms with Gasteiger partial charge in [-0.3, -0.25) is 4.90 Å². The van der Waals surface area contributed by atoms with Gasteiger partial charge >= 0.3 is 12.3 Å². The van der Waals surface area contributed by atoms with E-state index in [9.17, 15) is 18.0 Å². The second kappa shape index (κ2) is 13.8. The number of benzene rings is 2. The van der Waals surface area contributed by atoms with Crippen molar-refractivity contribution >= 4 is 23.3 Å². The number of aromatic nitrogens is 2. The summed E-state index contributed by atoms with van der Waals surface area (Å²) < 4.78 is 51.9. The molecule has 2 aliphatic rings. The van der Waals surface area contributed by atoms with Gasteiger partial charge in [-0.05, 0) is 76.1 Å². The molecule has 0 bridgehead atoms. The summed E-state index contributed by atoms with van der Waals surface area (Å²) in [7, 11) is 0. The number of nitriles is 1. The highest BCUT2D eigenvalue weighted by molar-refractivity contribution is 5.68. The molecule has 1 amide bonds. The third kappa shape index (κ3) is 8.37. The fourth-order valence-corrected chi connectivity index (χ4v) is 5.47. The molecule has 13 heteroatoms. The zero-order valence-corrected chi connectivity index (χ0v) is 26.2. The van der Waals surface area contributed by atoms with Gasteiger partial charge in [-0.1, -0.05) is 0 Å². The third-order valence-corrected chi connectivity index (χ3v) is 7.83. The number of carbonyl (C=O) groups excluding carboxylic acids is 1. The number of alkyl halides is 3. The van der Waals surface area contributed by atoms with Gasteiger partial charge in [0, 0.05) is 56.2 Å². The highest BCUT2D eigenvalue weighted by Crippen LogP contribution is 2.36. The zero-order chi connectivity index (χ0) is 32.9. The quantitative estimate of drug-likeness (QED) is 0.298. The Morgan fingerprint density at radius 2 is 1.76 bits per heavy atom. The normalized spacial score (nSPS) is 15.6. The van der Waals surface area contributed by atoms with Crippen LogP contribution in [0.5, 0.6) is 5.75 Å². The second-order valence-electron chi connectivity index (χ2n) is 12.3. The Morgan fingerprint density at radius 3 is 2.43 bits per heavy atom. The van der Waals surface area contributed by atoms with Gasteiger partial charge in [-0.25, -0.2) is 14.8 Å². The first-order valence-electron chi connectivity index (χ1n) is 15.3. The average Bonchev–Trinajstić information content (AvgIpc) is 3.02. The van der Waals surface area contributed by atoms with E-state index < -0.39 is 22.9 Å². The van der Waals surface area contributed by atoms with Crippen molar-refractivity contribution in [3.05, 3.63) is 71.2 Å². The van der Waals surface area contributed by atoms with Crippen LogP contribution in [0.4, 0.5) is 35.2 Å². The minimum absolute atomic E-state index is 0.259. The van der Waals surface area contributed by atoms with Crippen molar-refractivity contribution in [1.29, 1.82) is 5.26 Å². The molecule has 0 saturated carbocycles. The Bertz CT molecular complexity index is 1560. The smallest absolute Gasteiger partial charge is 0.417 e. The van der Waals surface area contributed by atoms with Crippen molar-refractivity contribution in [3.8, 4) is 11.8 Å². The number of hydrogen-bond donors (Lipinski definition) is 1. The Balaban J connectivity index is 1.09. The molecule has 1 saturated heterocycles. The van der Waals surface area contributed by atoms with Crippen molar-refractivity contribution < 1.29 is 27.4 Å². The maximum absolute atomic E-state index is 13.5. The molecule has 10 nitrogen and oxygen atoms in total. The summed E-state index contributed by atoms with van der Waals surface area (Å²) in [6.45, 7) is 10.8. The summed E-state index contributed by atoms with van der Waals surface area (Å²) in [4.78, 5) is 27.0. The fourth-order valence-electron chi connectivity index (χ4n) is 5.47. The first kappa shape index (κ1) is 32.8. The van der Waals surface area contributed by atoms with Crippen molar-refractivity contribution in [2.45, 2.75) is 51.9 Å². The predicted molar refractivity (Wildman–Crippen MR) is 167 cm³/mol. The van der Waals surface area contributed by atoms with Crippen molar-refractivity contribution in [1.82, 2.24) is 19.8 Å². The number of fused-ring (bicyclic) bond motifs is 1. The largest absolute Gasteiger partial charge is 0.494 e. The van der Waals surface area contributed by atoms with Crippen molar-refractivity contribution in [2.75, 3.05) is 56.1 Å². The maximum Gasteiger partial charge on any atom is 0.417 e. The van der Waals surface area contributed by atoms with Gasteiger partial charge in [0.1, 0.15) is 23.5 Å². The molecule has 0 unspecified atom stereocenters. The van der Waals surface area contributed by atoms with Crippen LogP contribution in [-0.2, 0) is 23.9 Å². The Labute approximate surface area is 266 Å². The van der Waals surface area contributed by atoms with E-state index in [1.54, 1.807) is 11.0 Å². The minimum atomic E-state index is -4.61. The van der Waals surface area contributed by atoms with Crippen LogP contribution < -0.4 is 15.0 Å². The average molecular weight is 638 g/mol. The Kier molecular flexibility index (Phi) is 9.86. The van der Waals surface area contributed by atoms with Gasteiger partial charge in [-0.2, -0.15) is 18.4 Å². The van der Waals surface area contributed by atoms with E-state index in [2.05, 4.69) is 20.2 Å². The summed E-state index contributed by atoms with van der Waals surface area (Å²) in [5, 5.41) is 12.4. The monoisotopic (exact) mass is 637 g/mol. The molecule has 1 N–H and O–H groups in total. The lowest BCUT2D eigenvalue weighted by Crippen LogP contribution is -2.50. The van der Waals surface area contributed by atoms with E-state index in [0.717, 1.165) is 54.8 Å². The molecule has 2 aliphatic heterocycles. The van der Waals surface area contributed by atoms with Gasteiger partial charge in [-0.15, -0.1) is 0 Å². The number of amides is 1. The molecule has 244 valence electrons. The highest BCUT2D eigenvalue weighted by Gasteiger charge is 2.34. The van der Waals surface area contributed by atoms with Crippen LogP contribution >= 0.6 is 0 Å². The maximum atomic E-state index is 13.5. The van der Waals surface area contributed by atoms with E-state index >= 15 is 0 Å². The van der Waals surface area contributed by atoms with Gasteiger partial charge in [0.2, 0.25) is 0 Å². The fraction of sp³-hybridized carbons (Fsp3) is 0.455. The molecule has 0 atom stereocenters. The Morgan fingerprint density at radius 1 is 1.02 bits per heavy atom. The molecular weight excluding hydrogens is 599 g/mol. The van der Waals surface area contributed by atoms with Gasteiger partial charge in [0.05, 0.1) is 36.0 Å². The molecule has 0 radical (unpaired) electrons. The molecule has 1 fully saturated rings. The molecule has 5 rings (SSSR count). The van der Waals surface area contributed by atoms with Crippen LogP contribution in [0.25, 0.3) is 0 Å². The Hall–Kier alpha value is -4.57. The van der Waals surface area contributed by atoms with E-state index in [1.165, 1.54) is 18.5 Å². The number of anilines is 3. The van der Waals surface area contributed by atoms with Crippen molar-refractivity contribution in [3.63, 3.8) is 0 Å². The standard InChI is InChI=1S/C33H38F3N7O3/c1-32(2,3)46-31(44)42-16-14-41(15-17-42)12-4-18-45-26-9-6-24(7-10-26)40-30-27-11-13-43(21-29(27)38-22-39-30)25-8-5-23(20-37)28(19-25)33(34,35)36/h5-10,19,22H,4,11-18,21H2,1-3H3,(H,38,39,40). The molecule has 2 aromatic carbocycles. The number of piperazine rings is 1. The molecule has 1 aromatic heterocycles. The first-order chi connectivity index (χ1) is 21.9. The SMILES string of the molecule is CC(C)(C)OC(=O)N1CCN(CCCOc2ccc(Nc3ncnc4c3CCN(c3ccc(C#N)c(C(F)(F)F)c3)C4)cc2)CC1. The zero-order valence-electron chi connectivity index (χ0n) is 26.2. The van der Waals surface area contributed by atoms with Crippen LogP contribution in [0.1, 0.15) is 49.6 Å². The van der Waals surface area contributed by atoms with Gasteiger partial charge in [0.15, 0.2) is 0 Å². The topological polar surface area (TPSA) is 107 Å². The van der Waals surface area contributed by atoms with Crippen LogP contribution in [0, 0.1) is 11.3 Å². The summed E-state index contributed by atoms with van der Waals surface area (Å²) in [6.07, 6.45) is -2.03. The number of ether oxygens (including phenoxy) is 2. The van der Waals surface area contributed by atoms with Crippen LogP contribution in [0.15, 0.2) is 48.8 Å². The summed E-state index contributed by atoms with van der Waals surface area (Å²) in [5.74, 6) is 1.40. The first-order valence-corrected chi connectivity index (χ1v) is 15.3. The van der Waals surface area contributed by atoms with E-state index in [0.29, 0.717) is 50.7 Å². The molecular formula is C33H38F3N7O3. The van der Waals surface area contributed by atoms with Crippen LogP contribution in [0.2, 0.25) is 0 Å². The second-order valence-corrected chi connectivity index (χ2v) is 12.3. The van der Waals surface area contributed by atoms with E-state index in [1.807, 2.05) is 49.9 Å². The summed E-state index contributed by atoms with van der Waals surface area (Å²) in [6, 6.07) is 13.0. The van der Waals surface area contributed by atoms with Crippen LogP contribution in [-0.4, -0.2) is 77.3 Å². The predicted octanol–water partition coefficient (Wildman–Crippen LogP) is 5.99. The molecule has 3 aromatic rings. The minimum Gasteiger partial charge on any atom is -0.494 e. The molecule has 0 aliphatic carbocycles. The van der Waals surface area contributed by atoms with Gasteiger partial charge in [0.25, 0.3) is 0 Å². The lowest BCUT2D eigenvalue weighted by atomic mass is 10.0. The summed E-state index contributed by atoms with van der Waals surface area (Å²) >= 11 is 0. The number of nitrogens with one attached hydrogen (secondary N) is 1. The van der Waals surface area contributed by atoms with Crippen LogP contribution in [0.3, 0.4) is 0 Å². The number of carbonyl (C=O) groups is 1. The van der Waals surface area contributed by atoms with Gasteiger partial charge < -0.3 is 24.6 Å². The lowest BCUT2D eigenvalue weighted by molar-refractivity contribution is -0.137. The highest BCUT2D eigenvalue weighted by atomic mass is 19.4. The lowest BCUT2D eigenvalue weighted by Gasteiger charge is -2.35. The number of halogens is 3. The molecule has 3 heterocycles.